The maximum Gasteiger partial charge on any atom is 0.0639 e. The summed E-state index contributed by atoms with van der Waals surface area (Å²) in [5.74, 6) is 5.17. The molecule has 0 aliphatic rings. The van der Waals surface area contributed by atoms with Crippen molar-refractivity contribution in [2.45, 2.75) is 4.90 Å². The Kier molecular flexibility index (Phi) is 2.03. The van der Waals surface area contributed by atoms with Crippen molar-refractivity contribution in [2.75, 3.05) is 11.2 Å². The first-order chi connectivity index (χ1) is 4.75. The van der Waals surface area contributed by atoms with Crippen molar-refractivity contribution in [3.63, 3.8) is 0 Å². The van der Waals surface area contributed by atoms with E-state index in [9.17, 15) is 0 Å². The summed E-state index contributed by atoms with van der Waals surface area (Å²) in [6.45, 7) is 0. The van der Waals surface area contributed by atoms with Crippen molar-refractivity contribution >= 4 is 24.0 Å². The van der Waals surface area contributed by atoms with E-state index in [1.54, 1.807) is 12.1 Å². The van der Waals surface area contributed by atoms with Gasteiger partial charge in [-0.15, -0.1) is 12.6 Å². The van der Waals surface area contributed by atoms with Gasteiger partial charge in [-0.1, -0.05) is 6.07 Å². The molecule has 0 saturated heterocycles. The first kappa shape index (κ1) is 7.24. The van der Waals surface area contributed by atoms with Crippen molar-refractivity contribution in [3.8, 4) is 0 Å². The van der Waals surface area contributed by atoms with Gasteiger partial charge in [0, 0.05) is 5.69 Å². The lowest BCUT2D eigenvalue weighted by atomic mass is 10.3. The third-order valence-electron chi connectivity index (χ3n) is 1.22. The van der Waals surface area contributed by atoms with Gasteiger partial charge in [0.25, 0.3) is 0 Å². The molecule has 0 fully saturated rings. The molecule has 0 radical (unpaired) electrons. The second-order valence-electron chi connectivity index (χ2n) is 1.89. The molecule has 0 aliphatic heterocycles. The van der Waals surface area contributed by atoms with Crippen LogP contribution in [0, 0.1) is 0 Å². The van der Waals surface area contributed by atoms with Gasteiger partial charge in [0.2, 0.25) is 0 Å². The number of anilines is 2. The first-order valence-corrected chi connectivity index (χ1v) is 3.24. The zero-order chi connectivity index (χ0) is 7.56. The first-order valence-electron chi connectivity index (χ1n) is 2.79. The van der Waals surface area contributed by atoms with Crippen LogP contribution in [0.25, 0.3) is 0 Å². The van der Waals surface area contributed by atoms with Crippen LogP contribution in [-0.4, -0.2) is 0 Å². The molecule has 0 amide bonds. The largest absolute Gasteiger partial charge is 0.398 e. The van der Waals surface area contributed by atoms with Crippen molar-refractivity contribution in [2.24, 2.45) is 5.84 Å². The summed E-state index contributed by atoms with van der Waals surface area (Å²) in [4.78, 5) is 0.685. The van der Waals surface area contributed by atoms with E-state index in [0.29, 0.717) is 10.6 Å². The summed E-state index contributed by atoms with van der Waals surface area (Å²) in [6.07, 6.45) is 0. The molecule has 0 aliphatic carbocycles. The van der Waals surface area contributed by atoms with E-state index in [-0.39, 0.29) is 0 Å². The Morgan fingerprint density at radius 2 is 2.10 bits per heavy atom. The average molecular weight is 155 g/mol. The number of hydrazine groups is 1. The van der Waals surface area contributed by atoms with Crippen LogP contribution in [0.4, 0.5) is 11.4 Å². The highest BCUT2D eigenvalue weighted by Crippen LogP contribution is 2.24. The van der Waals surface area contributed by atoms with Gasteiger partial charge in [0.1, 0.15) is 0 Å². The lowest BCUT2D eigenvalue weighted by Crippen LogP contribution is -2.07. The van der Waals surface area contributed by atoms with Gasteiger partial charge in [0.15, 0.2) is 0 Å². The molecule has 0 atom stereocenters. The molecule has 0 heterocycles. The summed E-state index contributed by atoms with van der Waals surface area (Å²) < 4.78 is 0. The van der Waals surface area contributed by atoms with Crippen LogP contribution in [0.15, 0.2) is 23.1 Å². The van der Waals surface area contributed by atoms with E-state index < -0.39 is 0 Å². The minimum atomic E-state index is 0.624. The predicted molar refractivity (Wildman–Crippen MR) is 45.9 cm³/mol. The quantitative estimate of drug-likeness (QED) is 0.210. The Morgan fingerprint density at radius 3 is 2.60 bits per heavy atom. The third-order valence-corrected chi connectivity index (χ3v) is 1.72. The Hall–Kier alpha value is -0.870. The van der Waals surface area contributed by atoms with Crippen molar-refractivity contribution < 1.29 is 0 Å². The van der Waals surface area contributed by atoms with Gasteiger partial charge in [-0.05, 0) is 12.1 Å². The smallest absolute Gasteiger partial charge is 0.0639 e. The molecule has 1 aromatic carbocycles. The SMILES string of the molecule is NNc1cccc(N)c1S. The van der Waals surface area contributed by atoms with Crippen LogP contribution >= 0.6 is 12.6 Å². The monoisotopic (exact) mass is 155 g/mol. The molecule has 5 N–H and O–H groups in total. The summed E-state index contributed by atoms with van der Waals surface area (Å²) in [6, 6.07) is 5.38. The molecule has 3 nitrogen and oxygen atoms in total. The maximum atomic E-state index is 5.52. The zero-order valence-electron chi connectivity index (χ0n) is 5.33. The number of nitrogens with two attached hydrogens (primary N) is 2. The summed E-state index contributed by atoms with van der Waals surface area (Å²) >= 11 is 4.12. The summed E-state index contributed by atoms with van der Waals surface area (Å²) in [5.41, 5.74) is 9.37. The van der Waals surface area contributed by atoms with Gasteiger partial charge >= 0.3 is 0 Å². The van der Waals surface area contributed by atoms with Crippen LogP contribution in [0.3, 0.4) is 0 Å². The molecule has 4 heteroatoms. The molecule has 10 heavy (non-hydrogen) atoms. The van der Waals surface area contributed by atoms with E-state index in [1.165, 1.54) is 0 Å². The molecule has 0 aromatic heterocycles. The standard InChI is InChI=1S/C6H9N3S/c7-4-2-1-3-5(9-8)6(4)10/h1-3,9-10H,7-8H2. The highest BCUT2D eigenvalue weighted by molar-refractivity contribution is 7.80. The van der Waals surface area contributed by atoms with E-state index in [2.05, 4.69) is 18.1 Å². The molecular formula is C6H9N3S. The fraction of sp³-hybridized carbons (Fsp3) is 0. The number of rotatable bonds is 1. The minimum Gasteiger partial charge on any atom is -0.398 e. The predicted octanol–water partition coefficient (Wildman–Crippen LogP) is 0.843. The molecule has 0 bridgehead atoms. The zero-order valence-corrected chi connectivity index (χ0v) is 6.23. The lowest BCUT2D eigenvalue weighted by molar-refractivity contribution is 1.30. The number of hydrogen-bond acceptors (Lipinski definition) is 4. The fourth-order valence-electron chi connectivity index (χ4n) is 0.678. The molecular weight excluding hydrogens is 146 g/mol. The maximum absolute atomic E-state index is 5.52. The van der Waals surface area contributed by atoms with E-state index in [4.69, 9.17) is 11.6 Å². The molecule has 54 valence electrons. The molecule has 1 rings (SSSR count). The van der Waals surface area contributed by atoms with Gasteiger partial charge in [0.05, 0.1) is 10.6 Å². The molecule has 0 spiro atoms. The van der Waals surface area contributed by atoms with Crippen LogP contribution in [-0.2, 0) is 0 Å². The molecule has 0 unspecified atom stereocenters. The van der Waals surface area contributed by atoms with Crippen molar-refractivity contribution in [1.29, 1.82) is 0 Å². The number of benzene rings is 1. The summed E-state index contributed by atoms with van der Waals surface area (Å²) in [5, 5.41) is 0. The van der Waals surface area contributed by atoms with Gasteiger partial charge < -0.3 is 11.2 Å². The van der Waals surface area contributed by atoms with Gasteiger partial charge in [-0.2, -0.15) is 0 Å². The number of nitrogen functional groups attached to an aromatic ring is 2. The highest BCUT2D eigenvalue weighted by atomic mass is 32.1. The number of thiol groups is 1. The highest BCUT2D eigenvalue weighted by Gasteiger charge is 1.97. The van der Waals surface area contributed by atoms with Gasteiger partial charge in [-0.3, -0.25) is 5.84 Å². The van der Waals surface area contributed by atoms with Crippen LogP contribution in [0.5, 0.6) is 0 Å². The fourth-order valence-corrected chi connectivity index (χ4v) is 0.891. The molecule has 1 aromatic rings. The Bertz CT molecular complexity index is 236. The van der Waals surface area contributed by atoms with Crippen molar-refractivity contribution in [1.82, 2.24) is 0 Å². The summed E-state index contributed by atoms with van der Waals surface area (Å²) in [7, 11) is 0. The number of hydrogen-bond donors (Lipinski definition) is 4. The topological polar surface area (TPSA) is 64.1 Å². The van der Waals surface area contributed by atoms with Crippen molar-refractivity contribution in [3.05, 3.63) is 18.2 Å². The Balaban J connectivity index is 3.14. The molecule has 0 saturated carbocycles. The average Bonchev–Trinajstić information content (AvgIpc) is 1.95. The third kappa shape index (κ3) is 1.17. The number of nitrogens with one attached hydrogen (secondary N) is 1. The Morgan fingerprint density at radius 1 is 1.40 bits per heavy atom. The Labute approximate surface area is 64.8 Å². The second kappa shape index (κ2) is 2.81. The van der Waals surface area contributed by atoms with Gasteiger partial charge in [-0.25, -0.2) is 0 Å². The lowest BCUT2D eigenvalue weighted by Gasteiger charge is -2.04. The normalized spacial score (nSPS) is 9.40. The van der Waals surface area contributed by atoms with Crippen LogP contribution in [0.2, 0.25) is 0 Å². The van der Waals surface area contributed by atoms with E-state index in [0.717, 1.165) is 5.69 Å². The van der Waals surface area contributed by atoms with Crippen LogP contribution in [0.1, 0.15) is 0 Å². The van der Waals surface area contributed by atoms with Crippen LogP contribution < -0.4 is 17.0 Å². The minimum absolute atomic E-state index is 0.624. The van der Waals surface area contributed by atoms with E-state index >= 15 is 0 Å². The van der Waals surface area contributed by atoms with E-state index in [1.807, 2.05) is 6.07 Å². The second-order valence-corrected chi connectivity index (χ2v) is 2.33.